The van der Waals surface area contributed by atoms with Crippen molar-refractivity contribution in [3.05, 3.63) is 24.3 Å². The third kappa shape index (κ3) is 1.73. The van der Waals surface area contributed by atoms with E-state index in [9.17, 15) is 4.79 Å². The fourth-order valence-electron chi connectivity index (χ4n) is 1.38. The second kappa shape index (κ2) is 3.64. The van der Waals surface area contributed by atoms with Crippen molar-refractivity contribution >= 4 is 31.0 Å². The Labute approximate surface area is 83.3 Å². The summed E-state index contributed by atoms with van der Waals surface area (Å²) in [5, 5.41) is 0. The summed E-state index contributed by atoms with van der Waals surface area (Å²) in [4.78, 5) is 11.5. The van der Waals surface area contributed by atoms with Gasteiger partial charge in [-0.3, -0.25) is 4.79 Å². The van der Waals surface area contributed by atoms with Crippen molar-refractivity contribution in [3.63, 3.8) is 0 Å². The van der Waals surface area contributed by atoms with Gasteiger partial charge in [-0.2, -0.15) is 0 Å². The van der Waals surface area contributed by atoms with Crippen LogP contribution in [0.3, 0.4) is 0 Å². The van der Waals surface area contributed by atoms with Crippen LogP contribution in [0.5, 0.6) is 0 Å². The Morgan fingerprint density at radius 1 is 1.67 bits per heavy atom. The van der Waals surface area contributed by atoms with Gasteiger partial charge in [0.1, 0.15) is 0 Å². The van der Waals surface area contributed by atoms with Crippen molar-refractivity contribution in [2.24, 2.45) is 0 Å². The van der Waals surface area contributed by atoms with Crippen LogP contribution in [0.4, 0.5) is 0 Å². The van der Waals surface area contributed by atoms with Gasteiger partial charge in [-0.15, -0.1) is 20.7 Å². The molecule has 0 radical (unpaired) electrons. The number of allylic oxidation sites excluding steroid dienone is 3. The zero-order valence-electron chi connectivity index (χ0n) is 7.27. The number of rotatable bonds is 2. The van der Waals surface area contributed by atoms with Crippen LogP contribution in [-0.2, 0) is 4.79 Å². The monoisotopic (exact) mass is 276 g/mol. The van der Waals surface area contributed by atoms with E-state index in [0.29, 0.717) is 12.2 Å². The zero-order valence-corrected chi connectivity index (χ0v) is 9.43. The van der Waals surface area contributed by atoms with E-state index in [1.807, 2.05) is 13.0 Å². The number of carbonyl (C=O) groups excluding carboxylic acids is 1. The van der Waals surface area contributed by atoms with E-state index in [1.165, 1.54) is 5.57 Å². The number of carbonyl (C=O) groups is 1. The number of hydrogen-bond donors (Lipinski definition) is 0. The Balaban J connectivity index is 2.88. The van der Waals surface area contributed by atoms with Crippen LogP contribution in [0.2, 0.25) is 0 Å². The predicted octanol–water partition coefficient (Wildman–Crippen LogP) is 2.62. The second-order valence-corrected chi connectivity index (χ2v) is 6.31. The van der Waals surface area contributed by atoms with Crippen LogP contribution < -0.4 is 0 Å². The molecule has 0 bridgehead atoms. The normalized spacial score (nSPS) is 32.8. The van der Waals surface area contributed by atoms with E-state index in [4.69, 9.17) is 0 Å². The van der Waals surface area contributed by atoms with Crippen LogP contribution in [-0.4, -0.2) is 13.7 Å². The van der Waals surface area contributed by atoms with Crippen molar-refractivity contribution in [2.45, 2.75) is 23.2 Å². The second-order valence-electron chi connectivity index (χ2n) is 3.17. The summed E-state index contributed by atoms with van der Waals surface area (Å²) in [6.07, 6.45) is 5.25. The number of halogens is 1. The van der Waals surface area contributed by atoms with Gasteiger partial charge >= 0.3 is 0 Å². The highest BCUT2D eigenvalue weighted by Crippen LogP contribution is 2.40. The van der Waals surface area contributed by atoms with Gasteiger partial charge in [-0.25, -0.2) is 0 Å². The maximum absolute atomic E-state index is 11.5. The summed E-state index contributed by atoms with van der Waals surface area (Å²) in [5.74, 6) is 0.374. The topological polar surface area (TPSA) is 17.1 Å². The van der Waals surface area contributed by atoms with E-state index in [2.05, 4.69) is 11.1 Å². The molecule has 0 N–H and O–H groups in total. The minimum absolute atomic E-state index is 0.0896. The number of Topliss-reactive ketones (excluding diaryl/α,β-unsaturated/α-hetero) is 1. The van der Waals surface area contributed by atoms with Gasteiger partial charge in [0.2, 0.25) is 0 Å². The van der Waals surface area contributed by atoms with Gasteiger partial charge in [0.25, 0.3) is 0 Å². The summed E-state index contributed by atoms with van der Waals surface area (Å²) >= 11 is -0.233. The average Bonchev–Trinajstić information content (AvgIpc) is 2.30. The van der Waals surface area contributed by atoms with Gasteiger partial charge < -0.3 is 0 Å². The minimum Gasteiger partial charge on any atom is -0.298 e. The number of alkyl halides is 1. The lowest BCUT2D eigenvalue weighted by Crippen LogP contribution is -2.21. The SMILES string of the molecule is C=C/C=C1\CC(=O)C(C)(I=C)C1. The largest absolute Gasteiger partial charge is 0.298 e. The first-order chi connectivity index (χ1) is 5.62. The maximum Gasteiger partial charge on any atom is 0.152 e. The van der Waals surface area contributed by atoms with E-state index in [-0.39, 0.29) is 24.2 Å². The summed E-state index contributed by atoms with van der Waals surface area (Å²) < 4.78 is 3.83. The maximum atomic E-state index is 11.5. The van der Waals surface area contributed by atoms with Gasteiger partial charge in [0.15, 0.2) is 5.78 Å². The highest BCUT2D eigenvalue weighted by atomic mass is 127. The number of ketones is 1. The molecule has 1 aliphatic carbocycles. The van der Waals surface area contributed by atoms with E-state index < -0.39 is 0 Å². The fourth-order valence-corrected chi connectivity index (χ4v) is 2.76. The average molecular weight is 276 g/mol. The highest BCUT2D eigenvalue weighted by molar-refractivity contribution is 14.2. The lowest BCUT2D eigenvalue weighted by Gasteiger charge is -2.13. The number of hydrogen-bond acceptors (Lipinski definition) is 1. The van der Waals surface area contributed by atoms with Gasteiger partial charge in [-0.05, 0) is 13.3 Å². The summed E-state index contributed by atoms with van der Waals surface area (Å²) in [6, 6.07) is 0. The molecular weight excluding hydrogens is 263 g/mol. The third-order valence-electron chi connectivity index (χ3n) is 2.18. The molecule has 1 rings (SSSR count). The predicted molar refractivity (Wildman–Crippen MR) is 62.1 cm³/mol. The quantitative estimate of drug-likeness (QED) is 0.559. The molecule has 1 saturated carbocycles. The fraction of sp³-hybridized carbons (Fsp3) is 0.400. The van der Waals surface area contributed by atoms with Crippen LogP contribution in [0.15, 0.2) is 24.3 Å². The molecule has 12 heavy (non-hydrogen) atoms. The molecule has 0 heterocycles. The third-order valence-corrected chi connectivity index (χ3v) is 4.84. The molecule has 1 unspecified atom stereocenters. The molecule has 0 aromatic rings. The Kier molecular flexibility index (Phi) is 2.99. The smallest absolute Gasteiger partial charge is 0.152 e. The molecule has 1 atom stereocenters. The first-order valence-corrected chi connectivity index (χ1v) is 6.46. The molecular formula is C10H13IO. The van der Waals surface area contributed by atoms with Crippen LogP contribution in [0.25, 0.3) is 0 Å². The minimum atomic E-state index is -0.233. The van der Waals surface area contributed by atoms with E-state index in [1.54, 1.807) is 6.08 Å². The van der Waals surface area contributed by atoms with Crippen molar-refractivity contribution in [2.75, 3.05) is 0 Å². The summed E-state index contributed by atoms with van der Waals surface area (Å²) in [5.41, 5.74) is 1.22. The Morgan fingerprint density at radius 3 is 2.75 bits per heavy atom. The van der Waals surface area contributed by atoms with Crippen molar-refractivity contribution in [1.82, 2.24) is 0 Å². The van der Waals surface area contributed by atoms with E-state index in [0.717, 1.165) is 6.42 Å². The van der Waals surface area contributed by atoms with Crippen molar-refractivity contribution in [3.8, 4) is 0 Å². The molecule has 66 valence electrons. The first kappa shape index (κ1) is 9.84. The standard InChI is InChI=1S/C10H13IO/c1-4-5-8-6-9(12)10(2,7-8)11-3/h4-5H,1,3,6-7H2,2H3/b8-5+. The molecule has 0 aromatic carbocycles. The highest BCUT2D eigenvalue weighted by Gasteiger charge is 2.37. The molecule has 0 aliphatic heterocycles. The molecule has 1 fully saturated rings. The molecule has 0 spiro atoms. The molecule has 0 saturated heterocycles. The van der Waals surface area contributed by atoms with E-state index >= 15 is 0 Å². The van der Waals surface area contributed by atoms with Gasteiger partial charge in [0.05, 0.1) is 3.42 Å². The molecule has 1 nitrogen and oxygen atoms in total. The molecule has 1 aliphatic rings. The lowest BCUT2D eigenvalue weighted by atomic mass is 10.1. The Morgan fingerprint density at radius 2 is 2.33 bits per heavy atom. The first-order valence-electron chi connectivity index (χ1n) is 3.85. The van der Waals surface area contributed by atoms with Crippen LogP contribution >= 0.6 is 20.7 Å². The van der Waals surface area contributed by atoms with Crippen molar-refractivity contribution < 1.29 is 4.79 Å². The van der Waals surface area contributed by atoms with Crippen LogP contribution in [0, 0.1) is 0 Å². The zero-order chi connectivity index (χ0) is 9.19. The van der Waals surface area contributed by atoms with Gasteiger partial charge in [-0.1, -0.05) is 28.8 Å². The van der Waals surface area contributed by atoms with Crippen molar-refractivity contribution in [1.29, 1.82) is 0 Å². The van der Waals surface area contributed by atoms with Crippen LogP contribution in [0.1, 0.15) is 19.8 Å². The lowest BCUT2D eigenvalue weighted by molar-refractivity contribution is -0.118. The molecule has 0 aromatic heterocycles. The molecule has 2 heteroatoms. The summed E-state index contributed by atoms with van der Waals surface area (Å²) in [7, 11) is 0. The molecule has 0 amide bonds. The summed E-state index contributed by atoms with van der Waals surface area (Å²) in [6.45, 7) is 5.67. The van der Waals surface area contributed by atoms with Gasteiger partial charge in [0, 0.05) is 6.42 Å². The Hall–Kier alpha value is -0.250. The Bertz CT molecular complexity index is 265.